The predicted octanol–water partition coefficient (Wildman–Crippen LogP) is 4.06. The van der Waals surface area contributed by atoms with E-state index in [-0.39, 0.29) is 60.7 Å². The van der Waals surface area contributed by atoms with Crippen LogP contribution in [-0.4, -0.2) is 61.8 Å². The van der Waals surface area contributed by atoms with Gasteiger partial charge in [0.1, 0.15) is 11.5 Å². The van der Waals surface area contributed by atoms with Crippen LogP contribution in [0.4, 0.5) is 4.39 Å². The van der Waals surface area contributed by atoms with Crippen molar-refractivity contribution >= 4 is 23.6 Å². The third-order valence-corrected chi connectivity index (χ3v) is 10.3. The lowest BCUT2D eigenvalue weighted by Crippen LogP contribution is -2.43. The fraction of sp³-hybridized carbons (Fsp3) is 0.333. The van der Waals surface area contributed by atoms with E-state index in [0.29, 0.717) is 18.4 Å². The van der Waals surface area contributed by atoms with Gasteiger partial charge in [-0.3, -0.25) is 29.0 Å². The Labute approximate surface area is 264 Å². The van der Waals surface area contributed by atoms with Crippen LogP contribution in [0.2, 0.25) is 0 Å². The molecule has 0 bridgehead atoms. The highest BCUT2D eigenvalue weighted by Crippen LogP contribution is 2.58. The van der Waals surface area contributed by atoms with Crippen molar-refractivity contribution in [3.05, 3.63) is 101 Å². The first-order valence-electron chi connectivity index (χ1n) is 15.6. The molecule has 4 amide bonds. The number of halogens is 1. The van der Waals surface area contributed by atoms with Crippen molar-refractivity contribution in [2.45, 2.75) is 31.6 Å². The number of para-hydroxylation sites is 1. The zero-order valence-corrected chi connectivity index (χ0v) is 24.9. The van der Waals surface area contributed by atoms with Crippen molar-refractivity contribution < 1.29 is 38.9 Å². The smallest absolute Gasteiger partial charge is 0.234 e. The summed E-state index contributed by atoms with van der Waals surface area (Å²) < 4.78 is 14.7. The minimum absolute atomic E-state index is 0.105. The van der Waals surface area contributed by atoms with E-state index in [1.54, 1.807) is 42.5 Å². The van der Waals surface area contributed by atoms with Gasteiger partial charge in [-0.15, -0.1) is 0 Å². The lowest BCUT2D eigenvalue weighted by molar-refractivity contribution is -0.142. The number of hydrogen-bond donors (Lipinski definition) is 3. The van der Waals surface area contributed by atoms with Gasteiger partial charge in [-0.05, 0) is 73.1 Å². The molecule has 6 atom stereocenters. The van der Waals surface area contributed by atoms with Crippen LogP contribution < -0.4 is 0 Å². The van der Waals surface area contributed by atoms with E-state index in [9.17, 15) is 38.9 Å². The van der Waals surface area contributed by atoms with Gasteiger partial charge in [0, 0.05) is 24.6 Å². The molecule has 3 aromatic rings. The summed E-state index contributed by atoms with van der Waals surface area (Å²) in [7, 11) is 0. The number of imide groups is 2. The minimum Gasteiger partial charge on any atom is -0.508 e. The standard InChI is InChI=1S/C36H33FN2O7/c37-28-3-1-2-24(32(28)42)29-23-12-13-25-30(35(45)38(33(25)43)16-14-19-4-8-21(40)9-5-19)26(23)18-27-31(29)36(46)39(34(27)44)17-15-20-6-10-22(41)11-7-20/h1-12,25-27,29-31,40-42H,13-18H2. The molecule has 9 nitrogen and oxygen atoms in total. The van der Waals surface area contributed by atoms with Gasteiger partial charge < -0.3 is 15.3 Å². The van der Waals surface area contributed by atoms with Crippen LogP contribution in [0.3, 0.4) is 0 Å². The summed E-state index contributed by atoms with van der Waals surface area (Å²) in [6, 6.07) is 17.2. The summed E-state index contributed by atoms with van der Waals surface area (Å²) in [4.78, 5) is 58.1. The summed E-state index contributed by atoms with van der Waals surface area (Å²) >= 11 is 0. The molecule has 2 heterocycles. The number of allylic oxidation sites excluding steroid dienone is 2. The van der Waals surface area contributed by atoms with Gasteiger partial charge in [0.2, 0.25) is 23.6 Å². The van der Waals surface area contributed by atoms with E-state index in [1.807, 2.05) is 6.08 Å². The molecule has 0 aromatic heterocycles. The van der Waals surface area contributed by atoms with Crippen molar-refractivity contribution in [1.29, 1.82) is 0 Å². The molecule has 46 heavy (non-hydrogen) atoms. The van der Waals surface area contributed by atoms with Gasteiger partial charge in [0.15, 0.2) is 11.6 Å². The molecule has 2 saturated heterocycles. The molecule has 6 unspecified atom stereocenters. The number of amides is 4. The van der Waals surface area contributed by atoms with Gasteiger partial charge in [0.05, 0.1) is 23.7 Å². The van der Waals surface area contributed by atoms with E-state index in [4.69, 9.17) is 0 Å². The number of nitrogens with zero attached hydrogens (tertiary/aromatic N) is 2. The molecule has 7 rings (SSSR count). The Kier molecular flexibility index (Phi) is 7.38. The fourth-order valence-corrected chi connectivity index (χ4v) is 8.10. The molecule has 236 valence electrons. The summed E-state index contributed by atoms with van der Waals surface area (Å²) in [6.07, 6.45) is 3.09. The number of phenolic OH excluding ortho intramolecular Hbond substituents is 3. The van der Waals surface area contributed by atoms with E-state index in [1.165, 1.54) is 28.0 Å². The summed E-state index contributed by atoms with van der Waals surface area (Å²) in [5, 5.41) is 30.1. The Hall–Kier alpha value is -4.99. The Morgan fingerprint density at radius 2 is 1.20 bits per heavy atom. The first-order chi connectivity index (χ1) is 22.1. The summed E-state index contributed by atoms with van der Waals surface area (Å²) in [5.41, 5.74) is 2.56. The largest absolute Gasteiger partial charge is 0.508 e. The van der Waals surface area contributed by atoms with Crippen LogP contribution in [0.5, 0.6) is 17.2 Å². The maximum absolute atomic E-state index is 14.7. The number of aromatic hydroxyl groups is 3. The fourth-order valence-electron chi connectivity index (χ4n) is 8.10. The number of benzene rings is 3. The molecule has 2 aliphatic heterocycles. The lowest BCUT2D eigenvalue weighted by atomic mass is 9.57. The molecule has 2 aliphatic carbocycles. The van der Waals surface area contributed by atoms with Crippen molar-refractivity contribution in [2.75, 3.05) is 13.1 Å². The number of fused-ring (bicyclic) bond motifs is 4. The van der Waals surface area contributed by atoms with Crippen molar-refractivity contribution in [3.63, 3.8) is 0 Å². The Morgan fingerprint density at radius 3 is 1.78 bits per heavy atom. The first-order valence-corrected chi connectivity index (χ1v) is 15.6. The number of carbonyl (C=O) groups excluding carboxylic acids is 4. The molecular weight excluding hydrogens is 591 g/mol. The monoisotopic (exact) mass is 624 g/mol. The van der Waals surface area contributed by atoms with Crippen molar-refractivity contribution in [2.24, 2.45) is 29.6 Å². The van der Waals surface area contributed by atoms with E-state index in [2.05, 4.69) is 0 Å². The number of hydrogen-bond acceptors (Lipinski definition) is 7. The van der Waals surface area contributed by atoms with Crippen LogP contribution in [0, 0.1) is 35.4 Å². The van der Waals surface area contributed by atoms with Gasteiger partial charge >= 0.3 is 0 Å². The highest BCUT2D eigenvalue weighted by Gasteiger charge is 2.62. The predicted molar refractivity (Wildman–Crippen MR) is 163 cm³/mol. The molecule has 3 aromatic carbocycles. The lowest BCUT2D eigenvalue weighted by Gasteiger charge is -2.44. The second-order valence-corrected chi connectivity index (χ2v) is 12.7. The van der Waals surface area contributed by atoms with Gasteiger partial charge in [-0.1, -0.05) is 48.0 Å². The van der Waals surface area contributed by atoms with Gasteiger partial charge in [-0.25, -0.2) is 4.39 Å². The maximum Gasteiger partial charge on any atom is 0.234 e. The van der Waals surface area contributed by atoms with Crippen LogP contribution in [0.1, 0.15) is 35.4 Å². The van der Waals surface area contributed by atoms with Crippen LogP contribution >= 0.6 is 0 Å². The quantitative estimate of drug-likeness (QED) is 0.267. The Bertz CT molecular complexity index is 1770. The second-order valence-electron chi connectivity index (χ2n) is 12.7. The van der Waals surface area contributed by atoms with Crippen molar-refractivity contribution in [1.82, 2.24) is 9.80 Å². The van der Waals surface area contributed by atoms with E-state index in [0.717, 1.165) is 17.2 Å². The van der Waals surface area contributed by atoms with E-state index >= 15 is 0 Å². The molecule has 3 fully saturated rings. The first kappa shape index (κ1) is 29.7. The zero-order valence-electron chi connectivity index (χ0n) is 24.9. The molecular formula is C36H33FN2O7. The Balaban J connectivity index is 1.21. The SMILES string of the molecule is O=C1C2CC=C3C(CC4C(=O)N(CCc5ccc(O)cc5)C(=O)C4C3c3cccc(F)c3O)C2C(=O)N1CCc1ccc(O)cc1. The third kappa shape index (κ3) is 4.83. The van der Waals surface area contributed by atoms with Crippen molar-refractivity contribution in [3.8, 4) is 17.2 Å². The third-order valence-electron chi connectivity index (χ3n) is 10.3. The highest BCUT2D eigenvalue weighted by atomic mass is 19.1. The minimum atomic E-state index is -0.892. The summed E-state index contributed by atoms with van der Waals surface area (Å²) in [5.74, 6) is -7.05. The number of carbonyl (C=O) groups is 4. The topological polar surface area (TPSA) is 135 Å². The molecule has 0 radical (unpaired) electrons. The summed E-state index contributed by atoms with van der Waals surface area (Å²) in [6.45, 7) is 0.273. The molecule has 10 heteroatoms. The number of phenols is 3. The molecule has 3 N–H and O–H groups in total. The average Bonchev–Trinajstić information content (AvgIpc) is 3.44. The molecule has 0 spiro atoms. The van der Waals surface area contributed by atoms with Gasteiger partial charge in [-0.2, -0.15) is 0 Å². The maximum atomic E-state index is 14.7. The number of likely N-dealkylation sites (tertiary alicyclic amines) is 2. The van der Waals surface area contributed by atoms with Gasteiger partial charge in [0.25, 0.3) is 0 Å². The molecule has 1 saturated carbocycles. The molecule has 4 aliphatic rings. The van der Waals surface area contributed by atoms with E-state index < -0.39 is 53.0 Å². The second kappa shape index (κ2) is 11.4. The normalized spacial score (nSPS) is 27.0. The van der Waals surface area contributed by atoms with Crippen LogP contribution in [-0.2, 0) is 32.0 Å². The van der Waals surface area contributed by atoms with Crippen LogP contribution in [0.15, 0.2) is 78.4 Å². The number of rotatable bonds is 7. The van der Waals surface area contributed by atoms with Crippen LogP contribution in [0.25, 0.3) is 0 Å². The zero-order chi connectivity index (χ0) is 32.3. The Morgan fingerprint density at radius 1 is 0.652 bits per heavy atom. The highest BCUT2D eigenvalue weighted by molar-refractivity contribution is 6.08. The average molecular weight is 625 g/mol.